The molecule has 6 heteroatoms. The highest BCUT2D eigenvalue weighted by Crippen LogP contribution is 1.95. The third-order valence-corrected chi connectivity index (χ3v) is 1.94. The predicted molar refractivity (Wildman–Crippen MR) is 55.2 cm³/mol. The van der Waals surface area contributed by atoms with Crippen LogP contribution < -0.4 is 11.1 Å². The van der Waals surface area contributed by atoms with Crippen molar-refractivity contribution in [1.29, 1.82) is 0 Å². The van der Waals surface area contributed by atoms with Crippen LogP contribution in [0.3, 0.4) is 0 Å². The third-order valence-electron chi connectivity index (χ3n) is 1.94. The van der Waals surface area contributed by atoms with Gasteiger partial charge in [0.05, 0.1) is 19.0 Å². The number of rotatable bonds is 6. The number of carbonyl (C=O) groups is 1. The first kappa shape index (κ1) is 11.7. The predicted octanol–water partition coefficient (Wildman–Crippen LogP) is -0.958. The molecule has 4 N–H and O–H groups in total. The molecule has 0 spiro atoms. The monoisotopic (exact) mass is 212 g/mol. The van der Waals surface area contributed by atoms with Crippen LogP contribution in [-0.2, 0) is 16.0 Å². The first-order valence-corrected chi connectivity index (χ1v) is 4.73. The summed E-state index contributed by atoms with van der Waals surface area (Å²) in [6.45, 7) is 0.967. The average molecular weight is 212 g/mol. The second kappa shape index (κ2) is 6.15. The Bertz CT molecular complexity index is 286. The van der Waals surface area contributed by atoms with Crippen LogP contribution in [0.4, 0.5) is 0 Å². The molecule has 0 bridgehead atoms. The number of H-pyrrole nitrogens is 1. The van der Waals surface area contributed by atoms with Gasteiger partial charge in [-0.25, -0.2) is 4.98 Å². The van der Waals surface area contributed by atoms with Gasteiger partial charge in [-0.15, -0.1) is 0 Å². The maximum Gasteiger partial charge on any atom is 0.237 e. The molecule has 1 atom stereocenters. The maximum atomic E-state index is 11.4. The molecule has 0 aliphatic heterocycles. The van der Waals surface area contributed by atoms with Crippen molar-refractivity contribution in [3.63, 3.8) is 0 Å². The Labute approximate surface area is 88.2 Å². The lowest BCUT2D eigenvalue weighted by atomic mass is 10.1. The van der Waals surface area contributed by atoms with Gasteiger partial charge in [-0.2, -0.15) is 0 Å². The summed E-state index contributed by atoms with van der Waals surface area (Å²) in [5.41, 5.74) is 6.54. The summed E-state index contributed by atoms with van der Waals surface area (Å²) in [4.78, 5) is 18.2. The van der Waals surface area contributed by atoms with Crippen molar-refractivity contribution < 1.29 is 9.53 Å². The molecule has 0 aliphatic carbocycles. The van der Waals surface area contributed by atoms with Gasteiger partial charge in [-0.3, -0.25) is 4.79 Å². The molecule has 0 fully saturated rings. The number of methoxy groups -OCH3 is 1. The van der Waals surface area contributed by atoms with Crippen LogP contribution in [0.2, 0.25) is 0 Å². The second-order valence-corrected chi connectivity index (χ2v) is 3.17. The lowest BCUT2D eigenvalue weighted by molar-refractivity contribution is -0.122. The number of carbonyl (C=O) groups excluding carboxylic acids is 1. The van der Waals surface area contributed by atoms with Gasteiger partial charge in [0.1, 0.15) is 0 Å². The summed E-state index contributed by atoms with van der Waals surface area (Å²) in [5.74, 6) is -0.179. The number of ether oxygens (including phenoxy) is 1. The van der Waals surface area contributed by atoms with E-state index in [1.165, 1.54) is 0 Å². The average Bonchev–Trinajstić information content (AvgIpc) is 2.70. The van der Waals surface area contributed by atoms with Crippen molar-refractivity contribution in [3.05, 3.63) is 18.2 Å². The van der Waals surface area contributed by atoms with Crippen LogP contribution in [0.15, 0.2) is 12.5 Å². The van der Waals surface area contributed by atoms with Gasteiger partial charge in [-0.1, -0.05) is 0 Å². The largest absolute Gasteiger partial charge is 0.383 e. The molecule has 0 aliphatic rings. The number of nitrogens with zero attached hydrogens (tertiary/aromatic N) is 1. The van der Waals surface area contributed by atoms with Crippen molar-refractivity contribution in [2.24, 2.45) is 5.73 Å². The van der Waals surface area contributed by atoms with Gasteiger partial charge in [-0.05, 0) is 0 Å². The van der Waals surface area contributed by atoms with Gasteiger partial charge in [0.2, 0.25) is 5.91 Å². The van der Waals surface area contributed by atoms with Gasteiger partial charge in [0.15, 0.2) is 0 Å². The van der Waals surface area contributed by atoms with Crippen LogP contribution >= 0.6 is 0 Å². The topological polar surface area (TPSA) is 93.0 Å². The smallest absolute Gasteiger partial charge is 0.237 e. The Hall–Kier alpha value is -1.40. The Morgan fingerprint density at radius 2 is 2.60 bits per heavy atom. The van der Waals surface area contributed by atoms with Crippen LogP contribution in [0, 0.1) is 0 Å². The van der Waals surface area contributed by atoms with E-state index < -0.39 is 6.04 Å². The quantitative estimate of drug-likeness (QED) is 0.530. The third kappa shape index (κ3) is 4.09. The standard InChI is InChI=1S/C9H16N4O2/c1-15-3-2-12-9(14)8(10)4-7-5-11-6-13-7/h5-6,8H,2-4,10H2,1H3,(H,11,13)(H,12,14). The number of aromatic amines is 1. The van der Waals surface area contributed by atoms with Crippen LogP contribution in [0.1, 0.15) is 5.69 Å². The number of hydrogen-bond donors (Lipinski definition) is 3. The lowest BCUT2D eigenvalue weighted by Gasteiger charge is -2.10. The molecule has 6 nitrogen and oxygen atoms in total. The molecule has 0 saturated carbocycles. The van der Waals surface area contributed by atoms with Crippen LogP contribution in [-0.4, -0.2) is 42.2 Å². The molecule has 1 unspecified atom stereocenters. The van der Waals surface area contributed by atoms with Gasteiger partial charge < -0.3 is 20.8 Å². The number of amides is 1. The van der Waals surface area contributed by atoms with Crippen molar-refractivity contribution in [1.82, 2.24) is 15.3 Å². The van der Waals surface area contributed by atoms with E-state index in [4.69, 9.17) is 10.5 Å². The van der Waals surface area contributed by atoms with Crippen LogP contribution in [0.25, 0.3) is 0 Å². The van der Waals surface area contributed by atoms with Gasteiger partial charge in [0.25, 0.3) is 0 Å². The van der Waals surface area contributed by atoms with Gasteiger partial charge >= 0.3 is 0 Å². The van der Waals surface area contributed by atoms with E-state index in [1.54, 1.807) is 19.6 Å². The number of nitrogens with one attached hydrogen (secondary N) is 2. The van der Waals surface area contributed by atoms with E-state index in [9.17, 15) is 4.79 Å². The summed E-state index contributed by atoms with van der Waals surface area (Å²) >= 11 is 0. The summed E-state index contributed by atoms with van der Waals surface area (Å²) in [6.07, 6.45) is 3.67. The van der Waals surface area contributed by atoms with Crippen molar-refractivity contribution >= 4 is 5.91 Å². The zero-order valence-electron chi connectivity index (χ0n) is 8.69. The zero-order chi connectivity index (χ0) is 11.1. The fourth-order valence-corrected chi connectivity index (χ4v) is 1.13. The maximum absolute atomic E-state index is 11.4. The van der Waals surface area contributed by atoms with Gasteiger partial charge in [0, 0.05) is 32.0 Å². The Kier molecular flexibility index (Phi) is 4.79. The minimum atomic E-state index is -0.553. The molecular weight excluding hydrogens is 196 g/mol. The van der Waals surface area contributed by atoms with Crippen molar-refractivity contribution in [3.8, 4) is 0 Å². The molecule has 1 rings (SSSR count). The van der Waals surface area contributed by atoms with E-state index in [2.05, 4.69) is 15.3 Å². The van der Waals surface area contributed by atoms with Crippen LogP contribution in [0.5, 0.6) is 0 Å². The molecule has 1 heterocycles. The Morgan fingerprint density at radius 1 is 1.80 bits per heavy atom. The molecule has 1 aromatic heterocycles. The molecule has 84 valence electrons. The van der Waals surface area contributed by atoms with Crippen molar-refractivity contribution in [2.45, 2.75) is 12.5 Å². The van der Waals surface area contributed by atoms with E-state index in [-0.39, 0.29) is 5.91 Å². The molecule has 0 aromatic carbocycles. The highest BCUT2D eigenvalue weighted by Gasteiger charge is 2.13. The Balaban J connectivity index is 2.27. The summed E-state index contributed by atoms with van der Waals surface area (Å²) < 4.78 is 4.81. The van der Waals surface area contributed by atoms with E-state index in [0.717, 1.165) is 5.69 Å². The van der Waals surface area contributed by atoms with E-state index >= 15 is 0 Å². The number of nitrogens with two attached hydrogens (primary N) is 1. The first-order chi connectivity index (χ1) is 7.24. The number of hydrogen-bond acceptors (Lipinski definition) is 4. The lowest BCUT2D eigenvalue weighted by Crippen LogP contribution is -2.43. The summed E-state index contributed by atoms with van der Waals surface area (Å²) in [6, 6.07) is -0.553. The minimum Gasteiger partial charge on any atom is -0.383 e. The number of aromatic nitrogens is 2. The molecule has 0 radical (unpaired) electrons. The summed E-state index contributed by atoms with van der Waals surface area (Å²) in [7, 11) is 1.58. The van der Waals surface area contributed by atoms with E-state index in [0.29, 0.717) is 19.6 Å². The summed E-state index contributed by atoms with van der Waals surface area (Å²) in [5, 5.41) is 2.67. The molecule has 0 saturated heterocycles. The fourth-order valence-electron chi connectivity index (χ4n) is 1.13. The Morgan fingerprint density at radius 3 is 3.20 bits per heavy atom. The van der Waals surface area contributed by atoms with E-state index in [1.807, 2.05) is 0 Å². The molecular formula is C9H16N4O2. The SMILES string of the molecule is COCCNC(=O)C(N)Cc1cnc[nH]1. The molecule has 1 aromatic rings. The fraction of sp³-hybridized carbons (Fsp3) is 0.556. The normalized spacial score (nSPS) is 12.4. The molecule has 1 amide bonds. The highest BCUT2D eigenvalue weighted by molar-refractivity contribution is 5.81. The zero-order valence-corrected chi connectivity index (χ0v) is 8.69. The second-order valence-electron chi connectivity index (χ2n) is 3.17. The number of imidazole rings is 1. The minimum absolute atomic E-state index is 0.179. The first-order valence-electron chi connectivity index (χ1n) is 4.73. The molecule has 15 heavy (non-hydrogen) atoms. The highest BCUT2D eigenvalue weighted by atomic mass is 16.5. The van der Waals surface area contributed by atoms with Crippen molar-refractivity contribution in [2.75, 3.05) is 20.3 Å².